The van der Waals surface area contributed by atoms with Crippen molar-refractivity contribution in [1.82, 2.24) is 4.98 Å². The fourth-order valence-electron chi connectivity index (χ4n) is 3.19. The van der Waals surface area contributed by atoms with E-state index >= 15 is 0 Å². The Morgan fingerprint density at radius 2 is 1.75 bits per heavy atom. The van der Waals surface area contributed by atoms with Gasteiger partial charge in [0.25, 0.3) is 10.0 Å². The second-order valence-electron chi connectivity index (χ2n) is 7.84. The lowest BCUT2D eigenvalue weighted by atomic mass is 10.1. The number of benzene rings is 2. The van der Waals surface area contributed by atoms with Crippen LogP contribution in [0.15, 0.2) is 46.1 Å². The average molecular weight is 475 g/mol. The summed E-state index contributed by atoms with van der Waals surface area (Å²) in [4.78, 5) is 15.3. The molecule has 0 amide bonds. The highest BCUT2D eigenvalue weighted by molar-refractivity contribution is 7.94. The van der Waals surface area contributed by atoms with Gasteiger partial charge in [-0.1, -0.05) is 12.1 Å². The number of carboxylic acid groups (broad SMARTS) is 1. The van der Waals surface area contributed by atoms with E-state index in [9.17, 15) is 13.2 Å². The lowest BCUT2D eigenvalue weighted by Gasteiger charge is -2.29. The molecule has 0 saturated carbocycles. The Bertz CT molecular complexity index is 1230. The maximum Gasteiger partial charge on any atom is 0.335 e. The average Bonchev–Trinajstić information content (AvgIpc) is 3.16. The normalized spacial score (nSPS) is 11.6. The van der Waals surface area contributed by atoms with Crippen LogP contribution in [0.4, 0.5) is 5.69 Å². The van der Waals surface area contributed by atoms with E-state index in [2.05, 4.69) is 4.98 Å². The standard InChI is InChI=1S/C23H26N2O5S2/c1-14(2)25(32(28,29)23-24-17(5)13-31-23)20-10-15(3)16(4)11-21(20)30-12-18-6-8-19(9-7-18)22(26)27/h6-11,13-14H,12H2,1-5H3,(H,26,27). The number of thiazole rings is 1. The molecule has 1 N–H and O–H groups in total. The number of carbonyl (C=O) groups is 1. The van der Waals surface area contributed by atoms with E-state index in [1.54, 1.807) is 24.4 Å². The molecule has 0 bridgehead atoms. The van der Waals surface area contributed by atoms with E-state index in [-0.39, 0.29) is 22.6 Å². The molecule has 1 heterocycles. The van der Waals surface area contributed by atoms with E-state index < -0.39 is 16.0 Å². The number of carboxylic acids is 1. The molecule has 170 valence electrons. The molecule has 32 heavy (non-hydrogen) atoms. The maximum absolute atomic E-state index is 13.5. The summed E-state index contributed by atoms with van der Waals surface area (Å²) in [7, 11) is -3.89. The van der Waals surface area contributed by atoms with Crippen molar-refractivity contribution in [3.8, 4) is 5.75 Å². The molecule has 9 heteroatoms. The van der Waals surface area contributed by atoms with Crippen LogP contribution in [0.3, 0.4) is 0 Å². The van der Waals surface area contributed by atoms with Gasteiger partial charge in [-0.2, -0.15) is 8.42 Å². The molecule has 0 aliphatic carbocycles. The number of hydrogen-bond acceptors (Lipinski definition) is 6. The van der Waals surface area contributed by atoms with Crippen LogP contribution in [0.5, 0.6) is 5.75 Å². The van der Waals surface area contributed by atoms with Gasteiger partial charge in [-0.15, -0.1) is 11.3 Å². The number of nitrogens with zero attached hydrogens (tertiary/aromatic N) is 2. The molecule has 3 rings (SSSR count). The van der Waals surface area contributed by atoms with Gasteiger partial charge in [-0.25, -0.2) is 9.78 Å². The van der Waals surface area contributed by atoms with Gasteiger partial charge in [0.05, 0.1) is 11.3 Å². The Labute approximate surface area is 192 Å². The monoisotopic (exact) mass is 474 g/mol. The summed E-state index contributed by atoms with van der Waals surface area (Å²) in [6, 6.07) is 9.66. The largest absolute Gasteiger partial charge is 0.487 e. The van der Waals surface area contributed by atoms with Crippen molar-refractivity contribution in [3.05, 3.63) is 69.7 Å². The van der Waals surface area contributed by atoms with Gasteiger partial charge in [0, 0.05) is 17.1 Å². The summed E-state index contributed by atoms with van der Waals surface area (Å²) in [5.74, 6) is -0.565. The van der Waals surface area contributed by atoms with Gasteiger partial charge in [-0.05, 0) is 75.6 Å². The third-order valence-corrected chi connectivity index (χ3v) is 8.30. The van der Waals surface area contributed by atoms with Crippen molar-refractivity contribution in [2.75, 3.05) is 4.31 Å². The molecule has 7 nitrogen and oxygen atoms in total. The molecule has 0 fully saturated rings. The van der Waals surface area contributed by atoms with E-state index in [0.717, 1.165) is 28.0 Å². The fraction of sp³-hybridized carbons (Fsp3) is 0.304. The third kappa shape index (κ3) is 4.94. The Hall–Kier alpha value is -2.91. The van der Waals surface area contributed by atoms with E-state index in [0.29, 0.717) is 17.1 Å². The first kappa shape index (κ1) is 23.7. The molecular weight excluding hydrogens is 448 g/mol. The first-order valence-electron chi connectivity index (χ1n) is 10.0. The molecule has 0 atom stereocenters. The fourth-order valence-corrected chi connectivity index (χ4v) is 5.96. The van der Waals surface area contributed by atoms with Crippen LogP contribution >= 0.6 is 11.3 Å². The number of aromatic carboxylic acids is 1. The Kier molecular flexibility index (Phi) is 6.90. The molecule has 1 aromatic heterocycles. The highest BCUT2D eigenvalue weighted by Crippen LogP contribution is 2.37. The summed E-state index contributed by atoms with van der Waals surface area (Å²) in [6.45, 7) is 9.40. The minimum absolute atomic E-state index is 0.0390. The first-order chi connectivity index (χ1) is 15.0. The summed E-state index contributed by atoms with van der Waals surface area (Å²) in [5, 5.41) is 10.8. The van der Waals surface area contributed by atoms with Crippen molar-refractivity contribution >= 4 is 33.0 Å². The van der Waals surface area contributed by atoms with Crippen molar-refractivity contribution in [3.63, 3.8) is 0 Å². The van der Waals surface area contributed by atoms with E-state index in [1.165, 1.54) is 16.4 Å². The van der Waals surface area contributed by atoms with Gasteiger partial charge in [0.1, 0.15) is 12.4 Å². The number of rotatable bonds is 8. The van der Waals surface area contributed by atoms with Crippen LogP contribution in [0.1, 0.15) is 46.6 Å². The minimum atomic E-state index is -3.89. The molecular formula is C23H26N2O5S2. The number of aryl methyl sites for hydroxylation is 3. The second-order valence-corrected chi connectivity index (χ2v) is 10.7. The zero-order chi connectivity index (χ0) is 23.6. The predicted molar refractivity (Wildman–Crippen MR) is 125 cm³/mol. The molecule has 3 aromatic rings. The van der Waals surface area contributed by atoms with Crippen LogP contribution < -0.4 is 9.04 Å². The number of anilines is 1. The number of aromatic nitrogens is 1. The summed E-state index contributed by atoms with van der Waals surface area (Å²) < 4.78 is 34.4. The number of sulfonamides is 1. The smallest absolute Gasteiger partial charge is 0.335 e. The van der Waals surface area contributed by atoms with Gasteiger partial charge in [0.15, 0.2) is 0 Å². The van der Waals surface area contributed by atoms with Crippen molar-refractivity contribution in [2.45, 2.75) is 51.6 Å². The van der Waals surface area contributed by atoms with Gasteiger partial charge >= 0.3 is 5.97 Å². The molecule has 0 radical (unpaired) electrons. The summed E-state index contributed by atoms with van der Waals surface area (Å²) >= 11 is 1.09. The zero-order valence-corrected chi connectivity index (χ0v) is 20.3. The topological polar surface area (TPSA) is 96.8 Å². The number of ether oxygens (including phenoxy) is 1. The Balaban J connectivity index is 2.01. The van der Waals surface area contributed by atoms with Crippen molar-refractivity contribution in [1.29, 1.82) is 0 Å². The Morgan fingerprint density at radius 3 is 2.28 bits per heavy atom. The van der Waals surface area contributed by atoms with Gasteiger partial charge in [0.2, 0.25) is 4.34 Å². The quantitative estimate of drug-likeness (QED) is 0.496. The SMILES string of the molecule is Cc1csc(S(=O)(=O)N(c2cc(C)c(C)cc2OCc2ccc(C(=O)O)cc2)C(C)C)n1. The van der Waals surface area contributed by atoms with Crippen LogP contribution in [0, 0.1) is 20.8 Å². The highest BCUT2D eigenvalue weighted by Gasteiger charge is 2.32. The molecule has 0 aliphatic rings. The molecule has 0 aliphatic heterocycles. The zero-order valence-electron chi connectivity index (χ0n) is 18.6. The highest BCUT2D eigenvalue weighted by atomic mass is 32.2. The predicted octanol–water partition coefficient (Wildman–Crippen LogP) is 4.95. The maximum atomic E-state index is 13.5. The van der Waals surface area contributed by atoms with Crippen molar-refractivity contribution in [2.24, 2.45) is 0 Å². The molecule has 0 spiro atoms. The summed E-state index contributed by atoms with van der Waals surface area (Å²) in [5.41, 5.74) is 3.97. The lowest BCUT2D eigenvalue weighted by Crippen LogP contribution is -2.37. The van der Waals surface area contributed by atoms with Crippen molar-refractivity contribution < 1.29 is 23.1 Å². The van der Waals surface area contributed by atoms with Crippen LogP contribution in [-0.4, -0.2) is 30.5 Å². The van der Waals surface area contributed by atoms with Crippen LogP contribution in [-0.2, 0) is 16.6 Å². The molecule has 0 saturated heterocycles. The lowest BCUT2D eigenvalue weighted by molar-refractivity contribution is 0.0697. The summed E-state index contributed by atoms with van der Waals surface area (Å²) in [6.07, 6.45) is 0. The first-order valence-corrected chi connectivity index (χ1v) is 12.4. The number of hydrogen-bond donors (Lipinski definition) is 1. The van der Waals surface area contributed by atoms with E-state index in [1.807, 2.05) is 39.8 Å². The molecule has 0 unspecified atom stereocenters. The van der Waals surface area contributed by atoms with E-state index in [4.69, 9.17) is 9.84 Å². The van der Waals surface area contributed by atoms with Crippen LogP contribution in [0.2, 0.25) is 0 Å². The van der Waals surface area contributed by atoms with Crippen LogP contribution in [0.25, 0.3) is 0 Å². The second kappa shape index (κ2) is 9.30. The van der Waals surface area contributed by atoms with Gasteiger partial charge < -0.3 is 9.84 Å². The third-order valence-electron chi connectivity index (χ3n) is 4.95. The molecule has 2 aromatic carbocycles. The Morgan fingerprint density at radius 1 is 1.12 bits per heavy atom. The minimum Gasteiger partial charge on any atom is -0.487 e. The van der Waals surface area contributed by atoms with Gasteiger partial charge in [-0.3, -0.25) is 4.31 Å².